The molecule has 0 aliphatic rings. The van der Waals surface area contributed by atoms with Gasteiger partial charge in [0, 0.05) is 6.07 Å². The minimum atomic E-state index is -4.07. The summed E-state index contributed by atoms with van der Waals surface area (Å²) in [6.07, 6.45) is 3.71. The number of rotatable bonds is 11. The molecule has 0 bridgehead atoms. The molecule has 2 aromatic rings. The molecule has 0 aromatic heterocycles. The molecule has 0 aliphatic heterocycles. The van der Waals surface area contributed by atoms with Crippen LogP contribution < -0.4 is 19.5 Å². The van der Waals surface area contributed by atoms with E-state index in [2.05, 4.69) is 6.92 Å². The van der Waals surface area contributed by atoms with Crippen LogP contribution in [-0.2, 0) is 14.2 Å². The summed E-state index contributed by atoms with van der Waals surface area (Å²) in [4.78, 5) is 38.4. The van der Waals surface area contributed by atoms with Gasteiger partial charge in [-0.3, -0.25) is 9.36 Å². The van der Waals surface area contributed by atoms with Gasteiger partial charge in [0.05, 0.1) is 25.4 Å². The van der Waals surface area contributed by atoms with Crippen LogP contribution in [0.15, 0.2) is 36.4 Å². The molecule has 37 heavy (non-hydrogen) atoms. The quantitative estimate of drug-likeness (QED) is 0.296. The Morgan fingerprint density at radius 3 is 1.89 bits per heavy atom. The second-order valence-electron chi connectivity index (χ2n) is 8.17. The van der Waals surface area contributed by atoms with Crippen LogP contribution in [-0.4, -0.2) is 52.8 Å². The lowest BCUT2D eigenvalue weighted by molar-refractivity contribution is -0.142. The lowest BCUT2D eigenvalue weighted by Crippen LogP contribution is -2.11. The number of hydrogen-bond acceptors (Lipinski definition) is 6. The lowest BCUT2D eigenvalue weighted by Gasteiger charge is -2.09. The first-order chi connectivity index (χ1) is 17.3. The Hall–Kier alpha value is -3.07. The standard InChI is InChI=1S/C10H12O5.C8H11O3P.C8H16O2/c1-13-8-4-3-7(5-9(8)14-2)15-6-10(11)12;1-6-3-7(2)5-8(4-6)12(9,10)11;1-3-5-6-7(4-2)8(9)10/h3-5H,6H2,1-2H3,(H,11,12);3-5H,1-2H3,(H2,9,10,11);7H,3-6H2,1-2H3,(H,9,10). The van der Waals surface area contributed by atoms with Gasteiger partial charge in [0.15, 0.2) is 18.1 Å². The third kappa shape index (κ3) is 14.3. The summed E-state index contributed by atoms with van der Waals surface area (Å²) in [5, 5.41) is 17.1. The zero-order chi connectivity index (χ0) is 28.6. The number of aryl methyl sites for hydroxylation is 2. The van der Waals surface area contributed by atoms with E-state index in [0.717, 1.165) is 36.8 Å². The zero-order valence-electron chi connectivity index (χ0n) is 22.3. The highest BCUT2D eigenvalue weighted by Gasteiger charge is 2.17. The maximum Gasteiger partial charge on any atom is 0.356 e. The Morgan fingerprint density at radius 1 is 0.919 bits per heavy atom. The molecular formula is C26H39O10P. The van der Waals surface area contributed by atoms with E-state index in [0.29, 0.717) is 17.2 Å². The van der Waals surface area contributed by atoms with Crippen molar-refractivity contribution in [1.82, 2.24) is 0 Å². The monoisotopic (exact) mass is 542 g/mol. The molecule has 11 heteroatoms. The Labute approximate surface area is 218 Å². The van der Waals surface area contributed by atoms with Gasteiger partial charge in [-0.25, -0.2) is 4.79 Å². The summed E-state index contributed by atoms with van der Waals surface area (Å²) >= 11 is 0. The second kappa shape index (κ2) is 17.4. The molecular weight excluding hydrogens is 503 g/mol. The van der Waals surface area contributed by atoms with Crippen molar-refractivity contribution in [2.24, 2.45) is 5.92 Å². The summed E-state index contributed by atoms with van der Waals surface area (Å²) < 4.78 is 25.9. The molecule has 0 saturated heterocycles. The number of ether oxygens (including phenoxy) is 3. The molecule has 2 aromatic carbocycles. The molecule has 4 N–H and O–H groups in total. The Bertz CT molecular complexity index is 1010. The topological polar surface area (TPSA) is 160 Å². The van der Waals surface area contributed by atoms with E-state index < -0.39 is 19.5 Å². The third-order valence-electron chi connectivity index (χ3n) is 5.01. The van der Waals surface area contributed by atoms with Gasteiger partial charge in [0.1, 0.15) is 5.75 Å². The van der Waals surface area contributed by atoms with Crippen LogP contribution in [0.1, 0.15) is 50.7 Å². The van der Waals surface area contributed by atoms with Crippen LogP contribution in [0.2, 0.25) is 0 Å². The van der Waals surface area contributed by atoms with Crippen LogP contribution in [0, 0.1) is 19.8 Å². The SMILES string of the molecule is CCCCC(CC)C(=O)O.COc1ccc(OCC(=O)O)cc1OC.Cc1cc(C)cc(P(=O)(O)O)c1. The molecule has 0 amide bonds. The predicted molar refractivity (Wildman–Crippen MR) is 141 cm³/mol. The number of methoxy groups -OCH3 is 2. The van der Waals surface area contributed by atoms with Crippen molar-refractivity contribution in [2.75, 3.05) is 20.8 Å². The van der Waals surface area contributed by atoms with Crippen LogP contribution >= 0.6 is 7.60 Å². The number of hydrogen-bond donors (Lipinski definition) is 4. The summed E-state index contributed by atoms with van der Waals surface area (Å²) in [5.41, 5.74) is 1.74. The molecule has 0 heterocycles. The van der Waals surface area contributed by atoms with Crippen molar-refractivity contribution >= 4 is 24.8 Å². The van der Waals surface area contributed by atoms with E-state index >= 15 is 0 Å². The van der Waals surface area contributed by atoms with Gasteiger partial charge in [-0.15, -0.1) is 0 Å². The highest BCUT2D eigenvalue weighted by atomic mass is 31.2. The molecule has 1 unspecified atom stereocenters. The maximum atomic E-state index is 10.8. The molecule has 0 saturated carbocycles. The molecule has 0 aliphatic carbocycles. The first kappa shape index (κ1) is 33.9. The highest BCUT2D eigenvalue weighted by molar-refractivity contribution is 7.60. The summed E-state index contributed by atoms with van der Waals surface area (Å²) in [6, 6.07) is 9.72. The van der Waals surface area contributed by atoms with Gasteiger partial charge >= 0.3 is 19.5 Å². The largest absolute Gasteiger partial charge is 0.493 e. The van der Waals surface area contributed by atoms with Crippen molar-refractivity contribution in [1.29, 1.82) is 0 Å². The smallest absolute Gasteiger partial charge is 0.356 e. The van der Waals surface area contributed by atoms with Gasteiger partial charge in [-0.1, -0.05) is 32.8 Å². The Morgan fingerprint density at radius 2 is 1.49 bits per heavy atom. The van der Waals surface area contributed by atoms with Gasteiger partial charge in [-0.2, -0.15) is 0 Å². The van der Waals surface area contributed by atoms with Crippen molar-refractivity contribution in [2.45, 2.75) is 53.4 Å². The van der Waals surface area contributed by atoms with E-state index in [-0.39, 0.29) is 17.8 Å². The van der Waals surface area contributed by atoms with Crippen molar-refractivity contribution in [3.05, 3.63) is 47.5 Å². The molecule has 0 radical (unpaired) electrons. The third-order valence-corrected chi connectivity index (χ3v) is 5.94. The first-order valence-electron chi connectivity index (χ1n) is 11.7. The first-order valence-corrected chi connectivity index (χ1v) is 13.3. The van der Waals surface area contributed by atoms with Crippen LogP contribution in [0.3, 0.4) is 0 Å². The number of carbonyl (C=O) groups is 2. The van der Waals surface area contributed by atoms with Crippen LogP contribution in [0.5, 0.6) is 17.2 Å². The molecule has 2 rings (SSSR count). The fraction of sp³-hybridized carbons (Fsp3) is 0.462. The molecule has 1 atom stereocenters. The normalized spacial score (nSPS) is 11.1. The minimum Gasteiger partial charge on any atom is -0.493 e. The lowest BCUT2D eigenvalue weighted by atomic mass is 10.00. The predicted octanol–water partition coefficient (Wildman–Crippen LogP) is 4.56. The van der Waals surface area contributed by atoms with Crippen molar-refractivity contribution in [3.8, 4) is 17.2 Å². The fourth-order valence-corrected chi connectivity index (χ4v) is 3.87. The van der Waals surface area contributed by atoms with E-state index in [4.69, 9.17) is 34.2 Å². The number of aliphatic carboxylic acids is 2. The average molecular weight is 543 g/mol. The van der Waals surface area contributed by atoms with Crippen LogP contribution in [0.25, 0.3) is 0 Å². The number of carboxylic acids is 2. The van der Waals surface area contributed by atoms with Crippen molar-refractivity contribution in [3.63, 3.8) is 0 Å². The van der Waals surface area contributed by atoms with Gasteiger partial charge in [0.25, 0.3) is 0 Å². The average Bonchev–Trinajstić information content (AvgIpc) is 2.82. The van der Waals surface area contributed by atoms with Gasteiger partial charge < -0.3 is 34.2 Å². The zero-order valence-corrected chi connectivity index (χ0v) is 23.2. The van der Waals surface area contributed by atoms with Crippen LogP contribution in [0.4, 0.5) is 0 Å². The molecule has 0 fully saturated rings. The van der Waals surface area contributed by atoms with E-state index in [9.17, 15) is 14.2 Å². The summed E-state index contributed by atoms with van der Waals surface area (Å²) in [7, 11) is -1.05. The number of carboxylic acid groups (broad SMARTS) is 2. The van der Waals surface area contributed by atoms with E-state index in [1.807, 2.05) is 26.8 Å². The highest BCUT2D eigenvalue weighted by Crippen LogP contribution is 2.33. The van der Waals surface area contributed by atoms with Gasteiger partial charge in [0.2, 0.25) is 0 Å². The fourth-order valence-electron chi connectivity index (χ4n) is 3.12. The number of benzene rings is 2. The second-order valence-corrected chi connectivity index (χ2v) is 9.78. The number of unbranched alkanes of at least 4 members (excludes halogenated alkanes) is 1. The summed E-state index contributed by atoms with van der Waals surface area (Å²) in [6.45, 7) is 7.25. The summed E-state index contributed by atoms with van der Waals surface area (Å²) in [5.74, 6) is -0.281. The Balaban J connectivity index is 0.000000538. The molecule has 0 spiro atoms. The molecule has 208 valence electrons. The Kier molecular flexibility index (Phi) is 16.0. The molecule has 10 nitrogen and oxygen atoms in total. The van der Waals surface area contributed by atoms with E-state index in [1.165, 1.54) is 26.4 Å². The van der Waals surface area contributed by atoms with E-state index in [1.54, 1.807) is 18.2 Å². The minimum absolute atomic E-state index is 0.0972. The van der Waals surface area contributed by atoms with Gasteiger partial charge in [-0.05, 0) is 62.1 Å². The maximum absolute atomic E-state index is 10.8. The van der Waals surface area contributed by atoms with Crippen molar-refractivity contribution < 1.29 is 48.4 Å².